The lowest BCUT2D eigenvalue weighted by Crippen LogP contribution is -2.11. The Morgan fingerprint density at radius 1 is 0.778 bits per heavy atom. The summed E-state index contributed by atoms with van der Waals surface area (Å²) in [6.07, 6.45) is 2.53. The second-order valence-corrected chi connectivity index (χ2v) is 9.42. The molecule has 7 N–H and O–H groups in total. The lowest BCUT2D eigenvalue weighted by molar-refractivity contribution is 0.0898. The molecule has 45 heavy (non-hydrogen) atoms. The molecular weight excluding hydrogens is 592 g/mol. The summed E-state index contributed by atoms with van der Waals surface area (Å²) in [7, 11) is 3.10. The van der Waals surface area contributed by atoms with Crippen molar-refractivity contribution in [3.05, 3.63) is 41.0 Å². The average Bonchev–Trinajstić information content (AvgIpc) is 3.73. The van der Waals surface area contributed by atoms with Crippen LogP contribution in [0.2, 0.25) is 0 Å². The highest BCUT2D eigenvalue weighted by molar-refractivity contribution is 6.01. The fourth-order valence-corrected chi connectivity index (χ4v) is 4.12. The number of carbonyl (C=O) groups is 2. The van der Waals surface area contributed by atoms with E-state index < -0.39 is 30.7 Å². The second-order valence-electron chi connectivity index (χ2n) is 9.42. The van der Waals surface area contributed by atoms with Gasteiger partial charge in [-0.1, -0.05) is 0 Å². The van der Waals surface area contributed by atoms with E-state index >= 15 is 0 Å². The van der Waals surface area contributed by atoms with Gasteiger partial charge in [-0.15, -0.1) is 20.5 Å². The summed E-state index contributed by atoms with van der Waals surface area (Å²) >= 11 is 0. The first-order valence-corrected chi connectivity index (χ1v) is 12.9. The Bertz CT molecular complexity index is 1870. The maximum atomic E-state index is 12.0. The predicted octanol–water partition coefficient (Wildman–Crippen LogP) is 0.983. The van der Waals surface area contributed by atoms with Crippen molar-refractivity contribution in [1.29, 1.82) is 0 Å². The van der Waals surface area contributed by atoms with E-state index in [2.05, 4.69) is 50.8 Å². The molecule has 0 atom stereocenters. The predicted molar refractivity (Wildman–Crippen MR) is 154 cm³/mol. The molecule has 5 aromatic heterocycles. The van der Waals surface area contributed by atoms with Gasteiger partial charge in [0, 0.05) is 20.2 Å². The molecule has 0 aliphatic rings. The van der Waals surface area contributed by atoms with E-state index in [-0.39, 0.29) is 57.5 Å². The summed E-state index contributed by atoms with van der Waals surface area (Å²) in [6.45, 7) is 1.75. The second kappa shape index (κ2) is 11.8. The number of rotatable bonds is 10. The molecule has 0 aliphatic heterocycles. The largest absolute Gasteiger partial charge is 0.493 e. The molecule has 0 spiro atoms. The van der Waals surface area contributed by atoms with Gasteiger partial charge >= 0.3 is 0 Å². The molecule has 0 saturated carbocycles. The van der Waals surface area contributed by atoms with Crippen LogP contribution in [-0.4, -0.2) is 89.2 Å². The molecule has 0 radical (unpaired) electrons. The Labute approximate surface area is 252 Å². The molecule has 0 bridgehead atoms. The summed E-state index contributed by atoms with van der Waals surface area (Å²) in [5.74, 6) is -1.66. The van der Waals surface area contributed by atoms with Gasteiger partial charge in [0.25, 0.3) is 5.95 Å². The first-order chi connectivity index (χ1) is 21.4. The number of hydrogen-bond donors (Lipinski definition) is 5. The highest BCUT2D eigenvalue weighted by Gasteiger charge is 2.22. The summed E-state index contributed by atoms with van der Waals surface area (Å²) in [5, 5.41) is 62.0. The molecule has 0 saturated heterocycles. The number of azo groups is 2. The number of ketones is 2. The van der Waals surface area contributed by atoms with Crippen LogP contribution < -0.4 is 11.5 Å². The molecule has 5 rings (SSSR count). The number of nitrogens with two attached hydrogens (primary N) is 2. The molecule has 232 valence electrons. The number of anilines is 2. The molecule has 0 unspecified atom stereocenters. The third-order valence-electron chi connectivity index (χ3n) is 6.41. The van der Waals surface area contributed by atoms with E-state index in [1.54, 1.807) is 27.9 Å². The molecule has 0 amide bonds. The average molecular weight is 619 g/mol. The van der Waals surface area contributed by atoms with Gasteiger partial charge in [-0.25, -0.2) is 9.36 Å². The third-order valence-corrected chi connectivity index (χ3v) is 6.41. The molecule has 5 heterocycles. The van der Waals surface area contributed by atoms with Crippen LogP contribution in [0.25, 0.3) is 11.8 Å². The molecule has 0 aliphatic carbocycles. The van der Waals surface area contributed by atoms with Crippen molar-refractivity contribution >= 4 is 46.2 Å². The number of aliphatic hydroxyl groups excluding tert-OH is 2. The molecule has 0 fully saturated rings. The first kappa shape index (κ1) is 30.2. The van der Waals surface area contributed by atoms with Gasteiger partial charge < -0.3 is 26.8 Å². The van der Waals surface area contributed by atoms with E-state index in [4.69, 9.17) is 11.5 Å². The van der Waals surface area contributed by atoms with Gasteiger partial charge in [0.15, 0.2) is 52.0 Å². The van der Waals surface area contributed by atoms with Crippen molar-refractivity contribution in [1.82, 2.24) is 49.1 Å². The van der Waals surface area contributed by atoms with Crippen LogP contribution in [-0.2, 0) is 14.1 Å². The number of carbonyl (C=O) groups excluding carboxylic acids is 2. The van der Waals surface area contributed by atoms with Gasteiger partial charge in [-0.3, -0.25) is 9.59 Å². The zero-order valence-electron chi connectivity index (χ0n) is 24.2. The minimum atomic E-state index is -0.730. The lowest BCUT2D eigenvalue weighted by Gasteiger charge is -2.07. The highest BCUT2D eigenvalue weighted by Crippen LogP contribution is 2.33. The van der Waals surface area contributed by atoms with Gasteiger partial charge in [0.05, 0.1) is 34.9 Å². The molecular formula is C24H26N16O5. The van der Waals surface area contributed by atoms with Crippen molar-refractivity contribution in [2.24, 2.45) is 34.6 Å². The molecule has 5 aromatic rings. The quantitative estimate of drug-likeness (QED) is 0.108. The van der Waals surface area contributed by atoms with Crippen LogP contribution in [0.3, 0.4) is 0 Å². The van der Waals surface area contributed by atoms with Crippen LogP contribution in [0.4, 0.5) is 34.6 Å². The first-order valence-electron chi connectivity index (χ1n) is 12.9. The summed E-state index contributed by atoms with van der Waals surface area (Å²) in [6, 6.07) is 1.20. The number of hydrogen-bond acceptors (Lipinski definition) is 17. The van der Waals surface area contributed by atoms with E-state index in [0.717, 1.165) is 4.68 Å². The smallest absolute Gasteiger partial charge is 0.257 e. The summed E-state index contributed by atoms with van der Waals surface area (Å²) in [5.41, 5.74) is 13.7. The molecule has 21 nitrogen and oxygen atoms in total. The Morgan fingerprint density at radius 3 is 1.73 bits per heavy atom. The molecule has 21 heteroatoms. The van der Waals surface area contributed by atoms with Gasteiger partial charge in [0.1, 0.15) is 13.2 Å². The Morgan fingerprint density at radius 2 is 1.24 bits per heavy atom. The van der Waals surface area contributed by atoms with Crippen molar-refractivity contribution in [2.45, 2.75) is 13.8 Å². The monoisotopic (exact) mass is 618 g/mol. The van der Waals surface area contributed by atoms with Crippen LogP contribution in [0.1, 0.15) is 32.1 Å². The number of aliphatic hydroxyl groups is 2. The van der Waals surface area contributed by atoms with Crippen LogP contribution in [0.5, 0.6) is 5.88 Å². The zero-order valence-corrected chi connectivity index (χ0v) is 24.2. The molecule has 0 aromatic carbocycles. The normalized spacial score (nSPS) is 11.8. The minimum absolute atomic E-state index is 0.0129. The van der Waals surface area contributed by atoms with Crippen molar-refractivity contribution in [2.75, 3.05) is 24.7 Å². The SMILES string of the molecule is Cc1nn(-c2cc(O)nc(-n3nc(C)c(N=Nc4c(C(=O)CO)cnn4C)c3N)n2)c(N)c1N=Nc1c(C(=O)CO)cnn1C. The van der Waals surface area contributed by atoms with Crippen LogP contribution in [0.15, 0.2) is 38.9 Å². The number of nitrogens with zero attached hydrogens (tertiary/aromatic N) is 14. The zero-order chi connectivity index (χ0) is 32.6. The number of aromatic hydroxyl groups is 1. The van der Waals surface area contributed by atoms with Gasteiger partial charge in [-0.05, 0) is 13.8 Å². The summed E-state index contributed by atoms with van der Waals surface area (Å²) < 4.78 is 4.92. The standard InChI is InChI=1S/C24H26N16O5/c1-10-18(31-33-22-12(14(43)8-41)6-27-37(22)3)20(25)39(35-10)16-5-17(45)30-24(29-16)40-21(26)19(11(2)36-40)32-34-23-13(15(44)9-42)7-28-38(23)4/h5-7,41-42H,8-9,25-26H2,1-4H3,(H,29,30,45). The maximum absolute atomic E-state index is 12.0. The Balaban J connectivity index is 1.50. The van der Waals surface area contributed by atoms with Crippen molar-refractivity contribution < 1.29 is 24.9 Å². The number of aromatic nitrogens is 10. The Kier molecular flexibility index (Phi) is 7.94. The number of aryl methyl sites for hydroxylation is 4. The van der Waals surface area contributed by atoms with Crippen LogP contribution >= 0.6 is 0 Å². The maximum Gasteiger partial charge on any atom is 0.257 e. The van der Waals surface area contributed by atoms with Gasteiger partial charge in [0.2, 0.25) is 5.88 Å². The minimum Gasteiger partial charge on any atom is -0.493 e. The Hall–Kier alpha value is -6.22. The highest BCUT2D eigenvalue weighted by atomic mass is 16.3. The fraction of sp³-hybridized carbons (Fsp3) is 0.250. The number of Topliss-reactive ketones (excluding diaryl/α,β-unsaturated/α-hetero) is 2. The third kappa shape index (κ3) is 5.50. The topological polar surface area (TPSA) is 293 Å². The van der Waals surface area contributed by atoms with Gasteiger partial charge in [-0.2, -0.15) is 39.7 Å². The van der Waals surface area contributed by atoms with E-state index in [0.29, 0.717) is 11.4 Å². The van der Waals surface area contributed by atoms with E-state index in [9.17, 15) is 24.9 Å². The van der Waals surface area contributed by atoms with Crippen molar-refractivity contribution in [3.8, 4) is 17.6 Å². The summed E-state index contributed by atoms with van der Waals surface area (Å²) in [4.78, 5) is 32.5. The van der Waals surface area contributed by atoms with Crippen molar-refractivity contribution in [3.63, 3.8) is 0 Å². The fourth-order valence-electron chi connectivity index (χ4n) is 4.12. The van der Waals surface area contributed by atoms with E-state index in [1.165, 1.54) is 32.5 Å². The van der Waals surface area contributed by atoms with E-state index in [1.807, 2.05) is 0 Å². The lowest BCUT2D eigenvalue weighted by atomic mass is 10.2. The van der Waals surface area contributed by atoms with Crippen LogP contribution in [0, 0.1) is 13.8 Å². The number of nitrogen functional groups attached to an aromatic ring is 2.